The van der Waals surface area contributed by atoms with Crippen LogP contribution in [-0.4, -0.2) is 72.8 Å². The summed E-state index contributed by atoms with van der Waals surface area (Å²) in [5.74, 6) is 2.33. The molecule has 2 aliphatic rings. The molecule has 198 valence electrons. The van der Waals surface area contributed by atoms with Gasteiger partial charge in [-0.15, -0.1) is 0 Å². The largest absolute Gasteiger partial charge is 0.347 e. The Morgan fingerprint density at radius 2 is 1.76 bits per heavy atom. The minimum atomic E-state index is -0.0157. The first-order chi connectivity index (χ1) is 17.9. The van der Waals surface area contributed by atoms with Gasteiger partial charge in [0.25, 0.3) is 5.91 Å². The topological polar surface area (TPSA) is 73.3 Å². The van der Waals surface area contributed by atoms with Crippen molar-refractivity contribution in [1.29, 1.82) is 0 Å². The molecule has 1 N–H and O–H groups in total. The molecule has 2 saturated heterocycles. The third-order valence-electron chi connectivity index (χ3n) is 8.10. The number of aryl methyl sites for hydroxylation is 1. The summed E-state index contributed by atoms with van der Waals surface area (Å²) in [5, 5.41) is 0. The number of aromatic nitrogens is 4. The smallest absolute Gasteiger partial charge is 0.254 e. The number of likely N-dealkylation sites (tertiary alicyclic amines) is 2. The van der Waals surface area contributed by atoms with Gasteiger partial charge in [-0.3, -0.25) is 9.69 Å². The summed E-state index contributed by atoms with van der Waals surface area (Å²) >= 11 is 0. The highest BCUT2D eigenvalue weighted by Crippen LogP contribution is 2.40. The van der Waals surface area contributed by atoms with Crippen LogP contribution in [0.1, 0.15) is 60.7 Å². The number of hydrogen-bond acceptors (Lipinski definition) is 5. The van der Waals surface area contributed by atoms with Crippen LogP contribution in [0.15, 0.2) is 49.1 Å². The number of carbonyl (C=O) groups excluding carboxylic acids is 1. The predicted molar refractivity (Wildman–Crippen MR) is 145 cm³/mol. The number of H-pyrrole nitrogens is 1. The Morgan fingerprint density at radius 3 is 2.38 bits per heavy atom. The van der Waals surface area contributed by atoms with Crippen LogP contribution in [0.2, 0.25) is 0 Å². The van der Waals surface area contributed by atoms with Crippen LogP contribution in [0.5, 0.6) is 0 Å². The third-order valence-corrected chi connectivity index (χ3v) is 8.10. The van der Waals surface area contributed by atoms with E-state index in [9.17, 15) is 4.79 Å². The summed E-state index contributed by atoms with van der Waals surface area (Å²) in [5.41, 5.74) is 2.49. The Kier molecular flexibility index (Phi) is 7.76. The predicted octanol–water partition coefficient (Wildman–Crippen LogP) is 3.93. The van der Waals surface area contributed by atoms with Crippen molar-refractivity contribution in [2.24, 2.45) is 18.4 Å². The van der Waals surface area contributed by atoms with Crippen molar-refractivity contribution >= 4 is 5.91 Å². The van der Waals surface area contributed by atoms with Crippen molar-refractivity contribution in [3.05, 3.63) is 71.8 Å². The van der Waals surface area contributed by atoms with Crippen LogP contribution in [0.25, 0.3) is 0 Å². The summed E-state index contributed by atoms with van der Waals surface area (Å²) < 4.78 is 1.95. The lowest BCUT2D eigenvalue weighted by molar-refractivity contribution is 0.0719. The highest BCUT2D eigenvalue weighted by Gasteiger charge is 2.40. The minimum absolute atomic E-state index is 0.0157. The lowest BCUT2D eigenvalue weighted by Crippen LogP contribution is -2.41. The zero-order chi connectivity index (χ0) is 25.8. The second-order valence-corrected chi connectivity index (χ2v) is 11.5. The van der Waals surface area contributed by atoms with E-state index in [0.29, 0.717) is 24.1 Å². The fourth-order valence-electron chi connectivity index (χ4n) is 5.97. The molecule has 0 bridgehead atoms. The van der Waals surface area contributed by atoms with E-state index in [1.165, 1.54) is 44.5 Å². The van der Waals surface area contributed by atoms with E-state index in [1.807, 2.05) is 29.9 Å². The molecule has 2 aliphatic heterocycles. The summed E-state index contributed by atoms with van der Waals surface area (Å²) in [4.78, 5) is 32.4. The zero-order valence-electron chi connectivity index (χ0n) is 22.6. The first-order valence-corrected chi connectivity index (χ1v) is 13.7. The van der Waals surface area contributed by atoms with Gasteiger partial charge in [-0.25, -0.2) is 9.97 Å². The Labute approximate surface area is 220 Å². The van der Waals surface area contributed by atoms with E-state index in [-0.39, 0.29) is 5.91 Å². The number of carbonyl (C=O) groups is 1. The molecule has 1 amide bonds. The first kappa shape index (κ1) is 25.7. The Balaban J connectivity index is 1.18. The highest BCUT2D eigenvalue weighted by molar-refractivity contribution is 5.94. The van der Waals surface area contributed by atoms with Crippen molar-refractivity contribution in [3.63, 3.8) is 0 Å². The molecule has 3 aromatic rings. The first-order valence-electron chi connectivity index (χ1n) is 13.7. The van der Waals surface area contributed by atoms with Gasteiger partial charge in [0, 0.05) is 57.0 Å². The molecular weight excluding hydrogens is 462 g/mol. The van der Waals surface area contributed by atoms with Gasteiger partial charge in [0.2, 0.25) is 0 Å². The van der Waals surface area contributed by atoms with Crippen LogP contribution in [0, 0.1) is 11.3 Å². The third kappa shape index (κ3) is 6.30. The van der Waals surface area contributed by atoms with Crippen molar-refractivity contribution < 1.29 is 4.79 Å². The Morgan fingerprint density at radius 1 is 1.03 bits per heavy atom. The van der Waals surface area contributed by atoms with Crippen LogP contribution in [0.3, 0.4) is 0 Å². The van der Waals surface area contributed by atoms with E-state index in [1.54, 1.807) is 23.5 Å². The molecule has 2 aromatic heterocycles. The maximum Gasteiger partial charge on any atom is 0.254 e. The van der Waals surface area contributed by atoms with E-state index >= 15 is 0 Å². The molecule has 37 heavy (non-hydrogen) atoms. The van der Waals surface area contributed by atoms with E-state index in [4.69, 9.17) is 0 Å². The summed E-state index contributed by atoms with van der Waals surface area (Å²) in [6.45, 7) is 12.5. The summed E-state index contributed by atoms with van der Waals surface area (Å²) in [6, 6.07) is 8.17. The van der Waals surface area contributed by atoms with Gasteiger partial charge >= 0.3 is 0 Å². The number of benzene rings is 1. The van der Waals surface area contributed by atoms with Gasteiger partial charge in [0.05, 0.1) is 13.1 Å². The van der Waals surface area contributed by atoms with Crippen molar-refractivity contribution in [3.8, 4) is 0 Å². The molecule has 0 atom stereocenters. The number of rotatable bonds is 9. The SMILES string of the molecule is CC(C)CN1CCC2(CCN(Cc3ccc(C(=O)N(Cc4ncc[nH]4)Cc4nccn4C)cc3)CC2)C1. The van der Waals surface area contributed by atoms with Gasteiger partial charge in [0.15, 0.2) is 0 Å². The van der Waals surface area contributed by atoms with Crippen molar-refractivity contribution in [2.75, 3.05) is 32.7 Å². The van der Waals surface area contributed by atoms with Gasteiger partial charge in [-0.1, -0.05) is 26.0 Å². The average molecular weight is 504 g/mol. The summed E-state index contributed by atoms with van der Waals surface area (Å²) in [7, 11) is 1.95. The monoisotopic (exact) mass is 503 g/mol. The normalized spacial score (nSPS) is 18.2. The molecule has 8 heteroatoms. The van der Waals surface area contributed by atoms with Crippen LogP contribution in [-0.2, 0) is 26.7 Å². The van der Waals surface area contributed by atoms with E-state index < -0.39 is 0 Å². The molecule has 0 radical (unpaired) electrons. The summed E-state index contributed by atoms with van der Waals surface area (Å²) in [6.07, 6.45) is 11.1. The number of hydrogen-bond donors (Lipinski definition) is 1. The van der Waals surface area contributed by atoms with E-state index in [0.717, 1.165) is 37.2 Å². The minimum Gasteiger partial charge on any atom is -0.347 e. The number of imidazole rings is 2. The molecule has 0 saturated carbocycles. The standard InChI is InChI=1S/C29H41N7O/c1-23(2)18-35-16-10-29(22-35)8-14-34(15-9-29)19-24-4-6-25(7-5-24)28(37)36(20-26-30-11-12-31-26)21-27-32-13-17-33(27)3/h4-7,11-13,17,23H,8-10,14-16,18-22H2,1-3H3,(H,30,31). The number of aromatic amines is 1. The van der Waals surface area contributed by atoms with E-state index in [2.05, 4.69) is 50.7 Å². The van der Waals surface area contributed by atoms with Gasteiger partial charge in [-0.05, 0) is 67.9 Å². The maximum atomic E-state index is 13.5. The van der Waals surface area contributed by atoms with Crippen LogP contribution in [0.4, 0.5) is 0 Å². The molecular formula is C29H41N7O. The molecule has 2 fully saturated rings. The quantitative estimate of drug-likeness (QED) is 0.479. The number of piperidine rings is 1. The molecule has 0 aliphatic carbocycles. The number of nitrogens with zero attached hydrogens (tertiary/aromatic N) is 6. The number of amides is 1. The molecule has 1 aromatic carbocycles. The van der Waals surface area contributed by atoms with Gasteiger partial charge in [-0.2, -0.15) is 0 Å². The fraction of sp³-hybridized carbons (Fsp3) is 0.552. The van der Waals surface area contributed by atoms with Crippen LogP contribution < -0.4 is 0 Å². The lowest BCUT2D eigenvalue weighted by Gasteiger charge is -2.39. The van der Waals surface area contributed by atoms with Crippen LogP contribution >= 0.6 is 0 Å². The maximum absolute atomic E-state index is 13.5. The fourth-order valence-corrected chi connectivity index (χ4v) is 5.97. The zero-order valence-corrected chi connectivity index (χ0v) is 22.6. The second kappa shape index (κ2) is 11.2. The molecule has 1 spiro atoms. The highest BCUT2D eigenvalue weighted by atomic mass is 16.2. The van der Waals surface area contributed by atoms with Gasteiger partial charge < -0.3 is 19.4 Å². The molecule has 4 heterocycles. The average Bonchev–Trinajstić information content (AvgIpc) is 3.63. The number of nitrogens with one attached hydrogen (secondary N) is 1. The molecule has 0 unspecified atom stereocenters. The second-order valence-electron chi connectivity index (χ2n) is 11.5. The van der Waals surface area contributed by atoms with Crippen molar-refractivity contribution in [2.45, 2.75) is 52.7 Å². The Hall–Kier alpha value is -2.97. The van der Waals surface area contributed by atoms with Crippen molar-refractivity contribution in [1.82, 2.24) is 34.2 Å². The Bertz CT molecular complexity index is 1140. The molecule has 5 rings (SSSR count). The van der Waals surface area contributed by atoms with Gasteiger partial charge in [0.1, 0.15) is 11.6 Å². The molecule has 8 nitrogen and oxygen atoms in total. The lowest BCUT2D eigenvalue weighted by atomic mass is 9.77.